The van der Waals surface area contributed by atoms with Gasteiger partial charge in [0, 0.05) is 45.8 Å². The summed E-state index contributed by atoms with van der Waals surface area (Å²) < 4.78 is 5.39. The van der Waals surface area contributed by atoms with Crippen molar-refractivity contribution < 1.29 is 4.74 Å². The van der Waals surface area contributed by atoms with Gasteiger partial charge in [-0.05, 0) is 38.0 Å². The fraction of sp³-hybridized carbons (Fsp3) is 0.941. The highest BCUT2D eigenvalue weighted by molar-refractivity contribution is 14.0. The van der Waals surface area contributed by atoms with Crippen LogP contribution in [0.5, 0.6) is 0 Å². The van der Waals surface area contributed by atoms with Crippen molar-refractivity contribution in [3.8, 4) is 0 Å². The molecule has 2 heterocycles. The molecular formula is C17H33IN4O. The summed E-state index contributed by atoms with van der Waals surface area (Å²) in [6.07, 6.45) is 6.81. The molecule has 3 fully saturated rings. The van der Waals surface area contributed by atoms with Gasteiger partial charge in [-0.15, -0.1) is 24.0 Å². The summed E-state index contributed by atoms with van der Waals surface area (Å²) in [5, 5.41) is 3.49. The fourth-order valence-corrected chi connectivity index (χ4v) is 3.93. The highest BCUT2D eigenvalue weighted by atomic mass is 127. The molecule has 134 valence electrons. The lowest BCUT2D eigenvalue weighted by Crippen LogP contribution is -2.42. The molecule has 3 aliphatic rings. The van der Waals surface area contributed by atoms with E-state index in [0.29, 0.717) is 5.41 Å². The zero-order valence-electron chi connectivity index (χ0n) is 14.6. The van der Waals surface area contributed by atoms with Gasteiger partial charge in [0.1, 0.15) is 0 Å². The maximum atomic E-state index is 5.39. The van der Waals surface area contributed by atoms with Gasteiger partial charge in [0.2, 0.25) is 0 Å². The van der Waals surface area contributed by atoms with Crippen LogP contribution in [0.15, 0.2) is 4.99 Å². The average molecular weight is 436 g/mol. The minimum absolute atomic E-state index is 0. The van der Waals surface area contributed by atoms with E-state index >= 15 is 0 Å². The second-order valence-corrected chi connectivity index (χ2v) is 7.07. The monoisotopic (exact) mass is 436 g/mol. The van der Waals surface area contributed by atoms with Crippen molar-refractivity contribution in [2.24, 2.45) is 10.4 Å². The number of nitrogens with one attached hydrogen (secondary N) is 1. The zero-order chi connectivity index (χ0) is 15.3. The van der Waals surface area contributed by atoms with E-state index in [2.05, 4.69) is 22.0 Å². The van der Waals surface area contributed by atoms with Crippen molar-refractivity contribution in [3.63, 3.8) is 0 Å². The van der Waals surface area contributed by atoms with Crippen LogP contribution < -0.4 is 5.32 Å². The predicted molar refractivity (Wildman–Crippen MR) is 106 cm³/mol. The topological polar surface area (TPSA) is 40.1 Å². The first-order chi connectivity index (χ1) is 10.8. The summed E-state index contributed by atoms with van der Waals surface area (Å²) >= 11 is 0. The Morgan fingerprint density at radius 3 is 2.57 bits per heavy atom. The minimum Gasteiger partial charge on any atom is -0.379 e. The number of halogens is 1. The highest BCUT2D eigenvalue weighted by Crippen LogP contribution is 2.47. The summed E-state index contributed by atoms with van der Waals surface area (Å²) in [6, 6.07) is 0. The lowest BCUT2D eigenvalue weighted by Gasteiger charge is -2.38. The van der Waals surface area contributed by atoms with Gasteiger partial charge >= 0.3 is 0 Å². The maximum Gasteiger partial charge on any atom is 0.193 e. The molecule has 5 nitrogen and oxygen atoms in total. The molecule has 0 bridgehead atoms. The Hall–Kier alpha value is -0.0800. The molecule has 0 atom stereocenters. The molecule has 0 aromatic rings. The van der Waals surface area contributed by atoms with Crippen molar-refractivity contribution in [3.05, 3.63) is 0 Å². The average Bonchev–Trinajstić information content (AvgIpc) is 2.97. The Labute approximate surface area is 158 Å². The van der Waals surface area contributed by atoms with E-state index < -0.39 is 0 Å². The van der Waals surface area contributed by atoms with Gasteiger partial charge in [-0.1, -0.05) is 6.42 Å². The van der Waals surface area contributed by atoms with Gasteiger partial charge in [-0.3, -0.25) is 9.89 Å². The van der Waals surface area contributed by atoms with Crippen LogP contribution in [0.25, 0.3) is 0 Å². The van der Waals surface area contributed by atoms with E-state index in [-0.39, 0.29) is 24.0 Å². The lowest BCUT2D eigenvalue weighted by atomic mass is 9.68. The molecule has 2 aliphatic heterocycles. The number of hydrogen-bond donors (Lipinski definition) is 1. The van der Waals surface area contributed by atoms with E-state index in [0.717, 1.165) is 58.3 Å². The molecule has 3 rings (SSSR count). The Balaban J connectivity index is 0.00000192. The van der Waals surface area contributed by atoms with Crippen LogP contribution in [-0.2, 0) is 4.74 Å². The molecule has 1 aliphatic carbocycles. The first-order valence-electron chi connectivity index (χ1n) is 9.15. The minimum atomic E-state index is 0. The molecule has 1 spiro atoms. The van der Waals surface area contributed by atoms with Crippen LogP contribution in [0.2, 0.25) is 0 Å². The van der Waals surface area contributed by atoms with Gasteiger partial charge in [0.05, 0.1) is 13.2 Å². The molecule has 6 heteroatoms. The Kier molecular flexibility index (Phi) is 7.88. The lowest BCUT2D eigenvalue weighted by molar-refractivity contribution is 0.0377. The largest absolute Gasteiger partial charge is 0.379 e. The van der Waals surface area contributed by atoms with E-state index in [1.54, 1.807) is 0 Å². The molecule has 0 unspecified atom stereocenters. The smallest absolute Gasteiger partial charge is 0.193 e. The van der Waals surface area contributed by atoms with Crippen molar-refractivity contribution in [1.29, 1.82) is 0 Å². The number of hydrogen-bond acceptors (Lipinski definition) is 3. The predicted octanol–water partition coefficient (Wildman–Crippen LogP) is 2.17. The van der Waals surface area contributed by atoms with Crippen molar-refractivity contribution >= 4 is 29.9 Å². The number of likely N-dealkylation sites (tertiary alicyclic amines) is 1. The number of ether oxygens (including phenoxy) is 1. The van der Waals surface area contributed by atoms with Gasteiger partial charge in [0.15, 0.2) is 5.96 Å². The molecule has 1 saturated carbocycles. The van der Waals surface area contributed by atoms with E-state index in [1.165, 1.54) is 38.8 Å². The van der Waals surface area contributed by atoms with Crippen molar-refractivity contribution in [2.75, 3.05) is 59.0 Å². The number of aliphatic imine (C=N–C) groups is 1. The Bertz CT molecular complexity index is 381. The Morgan fingerprint density at radius 2 is 1.96 bits per heavy atom. The van der Waals surface area contributed by atoms with E-state index in [9.17, 15) is 0 Å². The summed E-state index contributed by atoms with van der Waals surface area (Å²) in [5.74, 6) is 1.15. The molecule has 1 N–H and O–H groups in total. The number of guanidine groups is 1. The molecule has 2 saturated heterocycles. The van der Waals surface area contributed by atoms with Gasteiger partial charge in [0.25, 0.3) is 0 Å². The first kappa shape index (κ1) is 19.2. The highest BCUT2D eigenvalue weighted by Gasteiger charge is 2.43. The molecular weight excluding hydrogens is 403 g/mol. The fourth-order valence-electron chi connectivity index (χ4n) is 3.93. The number of nitrogens with zero attached hydrogens (tertiary/aromatic N) is 3. The quantitative estimate of drug-likeness (QED) is 0.311. The third-order valence-electron chi connectivity index (χ3n) is 5.48. The third kappa shape index (κ3) is 5.19. The first-order valence-corrected chi connectivity index (χ1v) is 9.15. The third-order valence-corrected chi connectivity index (χ3v) is 5.48. The standard InChI is InChI=1S/C17H32N4O.HI/c1-2-18-16(21-10-7-17(15-21)5-3-6-17)19-8-4-9-20-11-13-22-14-12-20;/h2-15H2,1H3,(H,18,19);1H. The number of rotatable bonds is 5. The van der Waals surface area contributed by atoms with Crippen LogP contribution in [0.4, 0.5) is 0 Å². The summed E-state index contributed by atoms with van der Waals surface area (Å²) in [5.41, 5.74) is 0.643. The zero-order valence-corrected chi connectivity index (χ0v) is 16.9. The van der Waals surface area contributed by atoms with Gasteiger partial charge < -0.3 is 15.0 Å². The van der Waals surface area contributed by atoms with Crippen molar-refractivity contribution in [2.45, 2.75) is 39.0 Å². The maximum absolute atomic E-state index is 5.39. The Morgan fingerprint density at radius 1 is 1.17 bits per heavy atom. The molecule has 0 amide bonds. The van der Waals surface area contributed by atoms with Gasteiger partial charge in [-0.25, -0.2) is 0 Å². The summed E-state index contributed by atoms with van der Waals surface area (Å²) in [6.45, 7) is 11.6. The van der Waals surface area contributed by atoms with Crippen LogP contribution in [0.3, 0.4) is 0 Å². The van der Waals surface area contributed by atoms with E-state index in [4.69, 9.17) is 9.73 Å². The second kappa shape index (κ2) is 9.42. The van der Waals surface area contributed by atoms with Crippen LogP contribution in [-0.4, -0.2) is 74.8 Å². The normalized spacial score (nSPS) is 24.4. The SMILES string of the molecule is CCNC(=NCCCN1CCOCC1)N1CCC2(CCC2)C1.I. The number of morpholine rings is 1. The molecule has 23 heavy (non-hydrogen) atoms. The molecule has 0 radical (unpaired) electrons. The summed E-state index contributed by atoms with van der Waals surface area (Å²) in [7, 11) is 0. The molecule has 0 aromatic heterocycles. The van der Waals surface area contributed by atoms with Crippen LogP contribution in [0, 0.1) is 5.41 Å². The van der Waals surface area contributed by atoms with E-state index in [1.807, 2.05) is 0 Å². The second-order valence-electron chi connectivity index (χ2n) is 7.07. The van der Waals surface area contributed by atoms with Gasteiger partial charge in [-0.2, -0.15) is 0 Å². The van der Waals surface area contributed by atoms with Crippen molar-refractivity contribution in [1.82, 2.24) is 15.1 Å². The molecule has 0 aromatic carbocycles. The van der Waals surface area contributed by atoms with Crippen LogP contribution in [0.1, 0.15) is 39.0 Å². The van der Waals surface area contributed by atoms with Crippen LogP contribution >= 0.6 is 24.0 Å². The summed E-state index contributed by atoms with van der Waals surface area (Å²) in [4.78, 5) is 9.87.